The highest BCUT2D eigenvalue weighted by Gasteiger charge is 2.16. The van der Waals surface area contributed by atoms with Gasteiger partial charge in [0.15, 0.2) is 11.6 Å². The Bertz CT molecular complexity index is 921. The first kappa shape index (κ1) is 17.1. The van der Waals surface area contributed by atoms with E-state index in [0.29, 0.717) is 35.3 Å². The summed E-state index contributed by atoms with van der Waals surface area (Å²) in [5.41, 5.74) is 0.489. The van der Waals surface area contributed by atoms with Gasteiger partial charge in [0.25, 0.3) is 0 Å². The normalized spacial score (nSPS) is 10.9. The zero-order chi connectivity index (χ0) is 18.0. The molecule has 1 aromatic carbocycles. The molecular weight excluding hydrogens is 349 g/mol. The molecule has 2 aromatic heterocycles. The third-order valence-electron chi connectivity index (χ3n) is 3.44. The Balaban J connectivity index is 1.80. The van der Waals surface area contributed by atoms with Crippen molar-refractivity contribution in [2.24, 2.45) is 0 Å². The van der Waals surface area contributed by atoms with Gasteiger partial charge in [0, 0.05) is 18.2 Å². The van der Waals surface area contributed by atoms with Crippen LogP contribution in [0.4, 0.5) is 10.2 Å². The molecule has 3 rings (SSSR count). The highest BCUT2D eigenvalue weighted by Crippen LogP contribution is 2.22. The van der Waals surface area contributed by atoms with E-state index in [-0.39, 0.29) is 17.4 Å². The van der Waals surface area contributed by atoms with E-state index in [4.69, 9.17) is 16.1 Å². The van der Waals surface area contributed by atoms with E-state index in [1.165, 1.54) is 12.1 Å². The van der Waals surface area contributed by atoms with Gasteiger partial charge in [0.05, 0.1) is 11.4 Å². The minimum absolute atomic E-state index is 0.00280. The van der Waals surface area contributed by atoms with E-state index in [2.05, 4.69) is 20.6 Å². The van der Waals surface area contributed by atoms with Gasteiger partial charge in [-0.2, -0.15) is 5.10 Å². The predicted octanol–water partition coefficient (Wildman–Crippen LogP) is 3.24. The second-order valence-corrected chi connectivity index (χ2v) is 5.75. The van der Waals surface area contributed by atoms with Gasteiger partial charge >= 0.3 is 0 Å². The van der Waals surface area contributed by atoms with Gasteiger partial charge in [-0.1, -0.05) is 16.8 Å². The van der Waals surface area contributed by atoms with Crippen molar-refractivity contribution in [3.05, 3.63) is 46.7 Å². The molecule has 0 aliphatic rings. The standard InChI is InChI=1S/C16H15ClFN5O2/c1-3-23-14(8-15(24)19-13-6-9(2)25-22-13)20-16(21-23)10-4-5-11(17)12(18)7-10/h4-7H,3,8H2,1-2H3,(H,19,22,24). The SMILES string of the molecule is CCn1nc(-c2ccc(Cl)c(F)c2)nc1CC(=O)Nc1cc(C)on1. The molecule has 1 amide bonds. The quantitative estimate of drug-likeness (QED) is 0.752. The maximum absolute atomic E-state index is 13.6. The molecule has 0 fully saturated rings. The number of halogens is 2. The van der Waals surface area contributed by atoms with Gasteiger partial charge in [-0.25, -0.2) is 14.1 Å². The number of aryl methyl sites for hydroxylation is 2. The first-order chi connectivity index (χ1) is 12.0. The van der Waals surface area contributed by atoms with Crippen LogP contribution in [0.15, 0.2) is 28.8 Å². The molecule has 7 nitrogen and oxygen atoms in total. The summed E-state index contributed by atoms with van der Waals surface area (Å²) in [5.74, 6) is 0.879. The monoisotopic (exact) mass is 363 g/mol. The lowest BCUT2D eigenvalue weighted by Gasteiger charge is -2.02. The highest BCUT2D eigenvalue weighted by atomic mass is 35.5. The zero-order valence-corrected chi connectivity index (χ0v) is 14.3. The van der Waals surface area contributed by atoms with Crippen molar-refractivity contribution < 1.29 is 13.7 Å². The molecule has 0 aliphatic heterocycles. The lowest BCUT2D eigenvalue weighted by Crippen LogP contribution is -2.18. The summed E-state index contributed by atoms with van der Waals surface area (Å²) in [6, 6.07) is 5.95. The number of carbonyl (C=O) groups is 1. The third kappa shape index (κ3) is 3.85. The maximum atomic E-state index is 13.6. The van der Waals surface area contributed by atoms with Crippen molar-refractivity contribution in [3.63, 3.8) is 0 Å². The maximum Gasteiger partial charge on any atom is 0.233 e. The topological polar surface area (TPSA) is 85.8 Å². The fraction of sp³-hybridized carbons (Fsp3) is 0.250. The van der Waals surface area contributed by atoms with Crippen LogP contribution in [0.25, 0.3) is 11.4 Å². The number of anilines is 1. The highest BCUT2D eigenvalue weighted by molar-refractivity contribution is 6.30. The summed E-state index contributed by atoms with van der Waals surface area (Å²) in [7, 11) is 0. The van der Waals surface area contributed by atoms with Gasteiger partial charge in [-0.15, -0.1) is 0 Å². The van der Waals surface area contributed by atoms with E-state index in [1.807, 2.05) is 6.92 Å². The van der Waals surface area contributed by atoms with Crippen LogP contribution in [0, 0.1) is 12.7 Å². The van der Waals surface area contributed by atoms with Crippen molar-refractivity contribution in [3.8, 4) is 11.4 Å². The van der Waals surface area contributed by atoms with Crippen LogP contribution in [-0.2, 0) is 17.8 Å². The Hall–Kier alpha value is -2.74. The smallest absolute Gasteiger partial charge is 0.233 e. The first-order valence-electron chi connectivity index (χ1n) is 7.58. The van der Waals surface area contributed by atoms with Gasteiger partial charge in [-0.3, -0.25) is 4.79 Å². The van der Waals surface area contributed by atoms with Crippen molar-refractivity contribution in [2.75, 3.05) is 5.32 Å². The zero-order valence-electron chi connectivity index (χ0n) is 13.6. The summed E-state index contributed by atoms with van der Waals surface area (Å²) in [6.45, 7) is 4.13. The third-order valence-corrected chi connectivity index (χ3v) is 3.75. The second kappa shape index (κ2) is 7.02. The largest absolute Gasteiger partial charge is 0.360 e. The van der Waals surface area contributed by atoms with Crippen LogP contribution in [0.5, 0.6) is 0 Å². The molecule has 9 heteroatoms. The van der Waals surface area contributed by atoms with E-state index in [1.54, 1.807) is 23.7 Å². The average molecular weight is 364 g/mol. The number of amides is 1. The predicted molar refractivity (Wildman–Crippen MR) is 89.7 cm³/mol. The summed E-state index contributed by atoms with van der Waals surface area (Å²) in [6.07, 6.45) is 0.00280. The van der Waals surface area contributed by atoms with Crippen molar-refractivity contribution in [1.82, 2.24) is 19.9 Å². The molecule has 1 N–H and O–H groups in total. The minimum atomic E-state index is -0.548. The molecule has 0 saturated heterocycles. The Morgan fingerprint density at radius 1 is 1.40 bits per heavy atom. The van der Waals surface area contributed by atoms with Crippen LogP contribution in [0.1, 0.15) is 18.5 Å². The number of benzene rings is 1. The molecule has 2 heterocycles. The van der Waals surface area contributed by atoms with E-state index < -0.39 is 5.82 Å². The molecule has 0 saturated carbocycles. The lowest BCUT2D eigenvalue weighted by atomic mass is 10.2. The fourth-order valence-corrected chi connectivity index (χ4v) is 2.39. The number of nitrogens with one attached hydrogen (secondary N) is 1. The molecule has 0 atom stereocenters. The van der Waals surface area contributed by atoms with Crippen LogP contribution >= 0.6 is 11.6 Å². The van der Waals surface area contributed by atoms with Crippen molar-refractivity contribution in [2.45, 2.75) is 26.8 Å². The van der Waals surface area contributed by atoms with Crippen LogP contribution in [0.3, 0.4) is 0 Å². The lowest BCUT2D eigenvalue weighted by molar-refractivity contribution is -0.115. The number of hydrogen-bond donors (Lipinski definition) is 1. The number of carbonyl (C=O) groups excluding carboxylic acids is 1. The molecule has 0 radical (unpaired) electrons. The second-order valence-electron chi connectivity index (χ2n) is 5.34. The Labute approximate surface area is 147 Å². The van der Waals surface area contributed by atoms with Gasteiger partial charge < -0.3 is 9.84 Å². The van der Waals surface area contributed by atoms with Gasteiger partial charge in [-0.05, 0) is 32.0 Å². The fourth-order valence-electron chi connectivity index (χ4n) is 2.27. The van der Waals surface area contributed by atoms with Crippen LogP contribution in [0.2, 0.25) is 5.02 Å². The van der Waals surface area contributed by atoms with E-state index >= 15 is 0 Å². The Morgan fingerprint density at radius 3 is 2.84 bits per heavy atom. The first-order valence-corrected chi connectivity index (χ1v) is 7.96. The van der Waals surface area contributed by atoms with E-state index in [0.717, 1.165) is 0 Å². The summed E-state index contributed by atoms with van der Waals surface area (Å²) in [5, 5.41) is 10.7. The summed E-state index contributed by atoms with van der Waals surface area (Å²) < 4.78 is 20.1. The molecule has 130 valence electrons. The number of aromatic nitrogens is 4. The van der Waals surface area contributed by atoms with Crippen LogP contribution in [-0.4, -0.2) is 25.8 Å². The van der Waals surface area contributed by atoms with E-state index in [9.17, 15) is 9.18 Å². The number of nitrogens with zero attached hydrogens (tertiary/aromatic N) is 4. The van der Waals surface area contributed by atoms with Crippen molar-refractivity contribution in [1.29, 1.82) is 0 Å². The minimum Gasteiger partial charge on any atom is -0.360 e. The molecule has 25 heavy (non-hydrogen) atoms. The number of rotatable bonds is 5. The Morgan fingerprint density at radius 2 is 2.20 bits per heavy atom. The molecule has 0 unspecified atom stereocenters. The molecular formula is C16H15ClFN5O2. The van der Waals surface area contributed by atoms with Crippen LogP contribution < -0.4 is 5.32 Å². The molecule has 3 aromatic rings. The van der Waals surface area contributed by atoms with Gasteiger partial charge in [0.1, 0.15) is 17.4 Å². The van der Waals surface area contributed by atoms with Gasteiger partial charge in [0.2, 0.25) is 5.91 Å². The molecule has 0 spiro atoms. The van der Waals surface area contributed by atoms with Crippen molar-refractivity contribution >= 4 is 23.3 Å². The molecule has 0 bridgehead atoms. The average Bonchev–Trinajstić information content (AvgIpc) is 3.16. The summed E-state index contributed by atoms with van der Waals surface area (Å²) >= 11 is 5.69. The molecule has 0 aliphatic carbocycles. The summed E-state index contributed by atoms with van der Waals surface area (Å²) in [4.78, 5) is 16.5. The number of hydrogen-bond acceptors (Lipinski definition) is 5. The Kier molecular flexibility index (Phi) is 4.80.